The summed E-state index contributed by atoms with van der Waals surface area (Å²) in [6.07, 6.45) is 1.07. The summed E-state index contributed by atoms with van der Waals surface area (Å²) < 4.78 is 54.5. The molecule has 4 rings (SSSR count). The van der Waals surface area contributed by atoms with Crippen molar-refractivity contribution in [2.45, 2.75) is 25.3 Å². The number of nitrogens with zero attached hydrogens (tertiary/aromatic N) is 1. The van der Waals surface area contributed by atoms with E-state index in [9.17, 15) is 21.6 Å². The van der Waals surface area contributed by atoms with Crippen molar-refractivity contribution in [3.05, 3.63) is 117 Å². The average Bonchev–Trinajstić information content (AvgIpc) is 2.91. The Morgan fingerprint density at radius 2 is 1.51 bits per heavy atom. The molecule has 0 spiro atoms. The van der Waals surface area contributed by atoms with Crippen LogP contribution in [0.5, 0.6) is 0 Å². The highest BCUT2D eigenvalue weighted by Gasteiger charge is 2.22. The van der Waals surface area contributed by atoms with Gasteiger partial charge in [0.15, 0.2) is 0 Å². The Morgan fingerprint density at radius 3 is 2.15 bits per heavy atom. The van der Waals surface area contributed by atoms with Gasteiger partial charge in [0.25, 0.3) is 15.9 Å². The molecule has 0 bridgehead atoms. The molecule has 4 aromatic rings. The van der Waals surface area contributed by atoms with Crippen LogP contribution in [0.1, 0.15) is 27.0 Å². The van der Waals surface area contributed by atoms with Gasteiger partial charge in [-0.05, 0) is 85.1 Å². The van der Waals surface area contributed by atoms with Gasteiger partial charge >= 0.3 is 0 Å². The highest BCUT2D eigenvalue weighted by Crippen LogP contribution is 2.34. The third-order valence-corrected chi connectivity index (χ3v) is 9.52. The number of sulfonamides is 2. The Morgan fingerprint density at radius 1 is 0.854 bits per heavy atom. The van der Waals surface area contributed by atoms with Crippen LogP contribution in [0.3, 0.4) is 0 Å². The lowest BCUT2D eigenvalue weighted by Crippen LogP contribution is -2.29. The number of carbonyl (C=O) groups is 1. The molecule has 0 aliphatic carbocycles. The van der Waals surface area contributed by atoms with E-state index >= 15 is 0 Å². The minimum Gasteiger partial charge on any atom is -0.322 e. The van der Waals surface area contributed by atoms with E-state index in [1.54, 1.807) is 48.5 Å². The quantitative estimate of drug-likeness (QED) is 0.215. The fourth-order valence-electron chi connectivity index (χ4n) is 3.96. The number of halogens is 2. The summed E-state index contributed by atoms with van der Waals surface area (Å²) in [5.74, 6) is -0.418. The third-order valence-electron chi connectivity index (χ3n) is 6.20. The van der Waals surface area contributed by atoms with E-state index in [0.717, 1.165) is 21.7 Å². The molecule has 12 heteroatoms. The maximum atomic E-state index is 12.9. The van der Waals surface area contributed by atoms with Crippen LogP contribution >= 0.6 is 23.2 Å². The second-order valence-corrected chi connectivity index (χ2v) is 13.8. The molecule has 4 aromatic carbocycles. The van der Waals surface area contributed by atoms with E-state index in [-0.39, 0.29) is 27.2 Å². The van der Waals surface area contributed by atoms with Crippen LogP contribution in [0.2, 0.25) is 10.0 Å². The van der Waals surface area contributed by atoms with Crippen LogP contribution in [0.25, 0.3) is 0 Å². The van der Waals surface area contributed by atoms with Gasteiger partial charge in [0.2, 0.25) is 10.0 Å². The highest BCUT2D eigenvalue weighted by molar-refractivity contribution is 7.92. The number of amides is 1. The maximum Gasteiger partial charge on any atom is 0.261 e. The fraction of sp³-hybridized carbons (Fsp3) is 0.138. The third kappa shape index (κ3) is 7.39. The topological polar surface area (TPSA) is 113 Å². The molecule has 8 nitrogen and oxygen atoms in total. The standard InChI is InChI=1S/C29H27Cl2N3O5S2/c1-19-7-8-20(2)26(17-19)33-41(38,39)24-15-13-23(14-16-24)32-29(35)22-11-9-21(10-12-22)18-34(40(3,36)37)27-6-4-5-25(30)28(27)31/h4-17,33H,18H2,1-3H3,(H,32,35). The van der Waals surface area contributed by atoms with Crippen molar-refractivity contribution >= 4 is 66.2 Å². The normalized spacial score (nSPS) is 11.6. The first-order valence-electron chi connectivity index (χ1n) is 12.3. The van der Waals surface area contributed by atoms with E-state index < -0.39 is 26.0 Å². The van der Waals surface area contributed by atoms with Crippen molar-refractivity contribution in [1.29, 1.82) is 0 Å². The summed E-state index contributed by atoms with van der Waals surface area (Å²) in [5.41, 5.74) is 3.83. The Hall–Kier alpha value is -3.57. The van der Waals surface area contributed by atoms with Crippen LogP contribution in [-0.4, -0.2) is 29.0 Å². The van der Waals surface area contributed by atoms with E-state index in [0.29, 0.717) is 22.5 Å². The van der Waals surface area contributed by atoms with Gasteiger partial charge in [-0.1, -0.05) is 53.5 Å². The van der Waals surface area contributed by atoms with Gasteiger partial charge in [-0.3, -0.25) is 13.8 Å². The van der Waals surface area contributed by atoms with Crippen molar-refractivity contribution in [2.75, 3.05) is 20.6 Å². The molecule has 0 aromatic heterocycles. The molecule has 0 saturated carbocycles. The number of rotatable bonds is 9. The molecule has 2 N–H and O–H groups in total. The molecule has 1 amide bonds. The summed E-state index contributed by atoms with van der Waals surface area (Å²) in [5, 5.41) is 3.09. The van der Waals surface area contributed by atoms with Crippen LogP contribution in [0.15, 0.2) is 89.8 Å². The Labute approximate surface area is 250 Å². The number of anilines is 3. The Kier molecular flexibility index (Phi) is 8.98. The second-order valence-electron chi connectivity index (χ2n) is 9.44. The van der Waals surface area contributed by atoms with Crippen molar-refractivity contribution < 1.29 is 21.6 Å². The molecule has 0 aliphatic rings. The number of benzene rings is 4. The average molecular weight is 633 g/mol. The van der Waals surface area contributed by atoms with Gasteiger partial charge in [-0.2, -0.15) is 0 Å². The van der Waals surface area contributed by atoms with Gasteiger partial charge in [-0.15, -0.1) is 0 Å². The van der Waals surface area contributed by atoms with Gasteiger partial charge in [0.1, 0.15) is 0 Å². The molecular weight excluding hydrogens is 605 g/mol. The molecule has 0 aliphatic heterocycles. The molecule has 0 saturated heterocycles. The first-order valence-corrected chi connectivity index (χ1v) is 16.4. The highest BCUT2D eigenvalue weighted by atomic mass is 35.5. The Bertz CT molecular complexity index is 1810. The van der Waals surface area contributed by atoms with Crippen molar-refractivity contribution in [3.8, 4) is 0 Å². The van der Waals surface area contributed by atoms with Gasteiger partial charge in [0, 0.05) is 11.3 Å². The molecule has 41 heavy (non-hydrogen) atoms. The smallest absolute Gasteiger partial charge is 0.261 e. The minimum atomic E-state index is -3.83. The number of carbonyl (C=O) groups excluding carboxylic acids is 1. The lowest BCUT2D eigenvalue weighted by atomic mass is 10.1. The van der Waals surface area contributed by atoms with Gasteiger partial charge < -0.3 is 5.32 Å². The predicted molar refractivity (Wildman–Crippen MR) is 165 cm³/mol. The molecule has 0 fully saturated rings. The number of aryl methyl sites for hydroxylation is 2. The zero-order valence-electron chi connectivity index (χ0n) is 22.4. The van der Waals surface area contributed by atoms with E-state index in [4.69, 9.17) is 23.2 Å². The first kappa shape index (κ1) is 30.4. The number of hydrogen-bond donors (Lipinski definition) is 2. The summed E-state index contributed by atoms with van der Waals surface area (Å²) in [6, 6.07) is 22.5. The SMILES string of the molecule is Cc1ccc(C)c(NS(=O)(=O)c2ccc(NC(=O)c3ccc(CN(c4cccc(Cl)c4Cl)S(C)(=O)=O)cc3)cc2)c1. The second kappa shape index (κ2) is 12.1. The molecule has 0 heterocycles. The van der Waals surface area contributed by atoms with Crippen LogP contribution in [0.4, 0.5) is 17.1 Å². The summed E-state index contributed by atoms with van der Waals surface area (Å²) >= 11 is 12.3. The molecule has 0 atom stereocenters. The molecule has 214 valence electrons. The summed E-state index contributed by atoms with van der Waals surface area (Å²) in [4.78, 5) is 12.9. The maximum absolute atomic E-state index is 12.9. The zero-order chi connectivity index (χ0) is 29.9. The van der Waals surface area contributed by atoms with Crippen LogP contribution in [0, 0.1) is 13.8 Å². The van der Waals surface area contributed by atoms with Crippen molar-refractivity contribution in [1.82, 2.24) is 0 Å². The van der Waals surface area contributed by atoms with Crippen LogP contribution in [-0.2, 0) is 26.6 Å². The van der Waals surface area contributed by atoms with E-state index in [1.165, 1.54) is 24.3 Å². The molecule has 0 radical (unpaired) electrons. The largest absolute Gasteiger partial charge is 0.322 e. The zero-order valence-corrected chi connectivity index (χ0v) is 25.5. The van der Waals surface area contributed by atoms with Gasteiger partial charge in [0.05, 0.1) is 39.1 Å². The van der Waals surface area contributed by atoms with Crippen molar-refractivity contribution in [3.63, 3.8) is 0 Å². The summed E-state index contributed by atoms with van der Waals surface area (Å²) in [6.45, 7) is 3.68. The van der Waals surface area contributed by atoms with E-state index in [1.807, 2.05) is 26.0 Å². The number of nitrogens with one attached hydrogen (secondary N) is 2. The van der Waals surface area contributed by atoms with Crippen LogP contribution < -0.4 is 14.3 Å². The lowest BCUT2D eigenvalue weighted by molar-refractivity contribution is 0.102. The first-order chi connectivity index (χ1) is 19.2. The predicted octanol–water partition coefficient (Wildman–Crippen LogP) is 6.63. The lowest BCUT2D eigenvalue weighted by Gasteiger charge is -2.24. The van der Waals surface area contributed by atoms with Gasteiger partial charge in [-0.25, -0.2) is 16.8 Å². The Balaban J connectivity index is 1.45. The monoisotopic (exact) mass is 631 g/mol. The molecular formula is C29H27Cl2N3O5S2. The van der Waals surface area contributed by atoms with Crippen molar-refractivity contribution in [2.24, 2.45) is 0 Å². The molecule has 0 unspecified atom stereocenters. The minimum absolute atomic E-state index is 0.0210. The summed E-state index contributed by atoms with van der Waals surface area (Å²) in [7, 11) is -7.52. The number of hydrogen-bond acceptors (Lipinski definition) is 5. The fourth-order valence-corrected chi connectivity index (χ4v) is 6.43. The van der Waals surface area contributed by atoms with E-state index in [2.05, 4.69) is 10.0 Å².